The van der Waals surface area contributed by atoms with Crippen LogP contribution >= 0.6 is 0 Å². The molecule has 0 unspecified atom stereocenters. The molecule has 1 aromatic heterocycles. The first-order chi connectivity index (χ1) is 18.3. The van der Waals surface area contributed by atoms with Crippen molar-refractivity contribution in [3.63, 3.8) is 0 Å². The van der Waals surface area contributed by atoms with Crippen LogP contribution in [0.15, 0.2) is 102 Å². The van der Waals surface area contributed by atoms with Crippen LogP contribution in [0.1, 0.15) is 38.1 Å². The molecule has 0 aliphatic rings. The van der Waals surface area contributed by atoms with Gasteiger partial charge in [-0.25, -0.2) is 9.98 Å². The lowest BCUT2D eigenvalue weighted by Gasteiger charge is -2.43. The molecule has 0 aliphatic heterocycles. The number of nitrogens with zero attached hydrogens (tertiary/aromatic N) is 5. The summed E-state index contributed by atoms with van der Waals surface area (Å²) in [6.45, 7) is 7.19. The molecule has 3 aromatic carbocycles. The molecule has 0 fully saturated rings. The number of hydrogen-bond donors (Lipinski definition) is 0. The molecule has 1 heterocycles. The Morgan fingerprint density at radius 1 is 0.947 bits per heavy atom. The van der Waals surface area contributed by atoms with Crippen LogP contribution in [0.5, 0.6) is 0 Å². The topological polar surface area (TPSA) is 66.4 Å². The third kappa shape index (κ3) is 5.62. The maximum Gasteiger partial charge on any atom is 0.263 e. The number of nitriles is 1. The second-order valence-corrected chi connectivity index (χ2v) is 14.8. The highest BCUT2D eigenvalue weighted by molar-refractivity contribution is 6.99. The van der Waals surface area contributed by atoms with Gasteiger partial charge in [0.1, 0.15) is 11.8 Å². The van der Waals surface area contributed by atoms with Crippen molar-refractivity contribution < 1.29 is 4.43 Å². The fourth-order valence-electron chi connectivity index (χ4n) is 4.79. The van der Waals surface area contributed by atoms with E-state index in [2.05, 4.69) is 63.2 Å². The molecule has 0 amide bonds. The average molecular weight is 522 g/mol. The molecule has 0 saturated carbocycles. The van der Waals surface area contributed by atoms with Gasteiger partial charge in [-0.2, -0.15) is 5.26 Å². The Hall–Kier alpha value is -3.99. The predicted molar refractivity (Wildman–Crippen MR) is 157 cm³/mol. The van der Waals surface area contributed by atoms with Gasteiger partial charge >= 0.3 is 0 Å². The van der Waals surface area contributed by atoms with Gasteiger partial charge in [0.05, 0.1) is 19.2 Å². The molecule has 0 radical (unpaired) electrons. The van der Waals surface area contributed by atoms with Crippen molar-refractivity contribution in [1.82, 2.24) is 14.5 Å². The minimum absolute atomic E-state index is 0.273. The highest BCUT2D eigenvalue weighted by atomic mass is 28.4. The fourth-order valence-corrected chi connectivity index (χ4v) is 9.33. The fraction of sp³-hybridized carbons (Fsp3) is 0.258. The Morgan fingerprint density at radius 3 is 1.95 bits per heavy atom. The van der Waals surface area contributed by atoms with E-state index in [4.69, 9.17) is 14.4 Å². The van der Waals surface area contributed by atoms with Crippen LogP contribution in [-0.4, -0.2) is 43.2 Å². The van der Waals surface area contributed by atoms with Crippen molar-refractivity contribution in [2.45, 2.75) is 38.5 Å². The summed E-state index contributed by atoms with van der Waals surface area (Å²) >= 11 is 0. The largest absolute Gasteiger partial charge is 0.387 e. The van der Waals surface area contributed by atoms with Crippen LogP contribution < -0.4 is 10.4 Å². The SMILES string of the molecule is CN(C)C=Nc1c([C@@H](C#N)O[Si](c2ccccc2)(c2ccccc2)C(C)(C)C)ncn1Cc1ccccc1. The highest BCUT2D eigenvalue weighted by Gasteiger charge is 2.52. The van der Waals surface area contributed by atoms with Gasteiger partial charge in [-0.15, -0.1) is 0 Å². The Labute approximate surface area is 227 Å². The monoisotopic (exact) mass is 521 g/mol. The van der Waals surface area contributed by atoms with Gasteiger partial charge in [0.15, 0.2) is 11.9 Å². The summed E-state index contributed by atoms with van der Waals surface area (Å²) in [5, 5.41) is 12.5. The van der Waals surface area contributed by atoms with E-state index in [1.807, 2.05) is 78.2 Å². The van der Waals surface area contributed by atoms with E-state index in [0.717, 1.165) is 15.9 Å². The first-order valence-electron chi connectivity index (χ1n) is 12.7. The predicted octanol–water partition coefficient (Wildman–Crippen LogP) is 5.29. The lowest BCUT2D eigenvalue weighted by Crippen LogP contribution is -2.66. The number of imidazole rings is 1. The summed E-state index contributed by atoms with van der Waals surface area (Å²) in [5.41, 5.74) is 1.65. The maximum atomic E-state index is 10.5. The summed E-state index contributed by atoms with van der Waals surface area (Å²) in [5.74, 6) is 0.618. The molecule has 1 atom stereocenters. The molecule has 0 bridgehead atoms. The van der Waals surface area contributed by atoms with Crippen LogP contribution in [0.4, 0.5) is 5.82 Å². The summed E-state index contributed by atoms with van der Waals surface area (Å²) in [4.78, 5) is 11.3. The van der Waals surface area contributed by atoms with Crippen molar-refractivity contribution in [1.29, 1.82) is 5.26 Å². The number of hydrogen-bond acceptors (Lipinski definition) is 4. The van der Waals surface area contributed by atoms with E-state index in [0.29, 0.717) is 18.1 Å². The van der Waals surface area contributed by atoms with Crippen LogP contribution in [0.3, 0.4) is 0 Å². The number of benzene rings is 3. The zero-order valence-corrected chi connectivity index (χ0v) is 23.7. The maximum absolute atomic E-state index is 10.5. The lowest BCUT2D eigenvalue weighted by molar-refractivity contribution is 0.241. The molecule has 0 saturated heterocycles. The van der Waals surface area contributed by atoms with Crippen LogP contribution in [0.2, 0.25) is 5.04 Å². The highest BCUT2D eigenvalue weighted by Crippen LogP contribution is 2.40. The number of aromatic nitrogens is 2. The second kappa shape index (κ2) is 11.6. The van der Waals surface area contributed by atoms with E-state index in [9.17, 15) is 5.26 Å². The number of aliphatic imine (C=N–C) groups is 1. The average Bonchev–Trinajstić information content (AvgIpc) is 3.31. The summed E-state index contributed by atoms with van der Waals surface area (Å²) in [6, 6.07) is 33.3. The van der Waals surface area contributed by atoms with Gasteiger partial charge in [-0.05, 0) is 21.0 Å². The van der Waals surface area contributed by atoms with Gasteiger partial charge in [0.2, 0.25) is 0 Å². The second-order valence-electron chi connectivity index (χ2n) is 10.6. The van der Waals surface area contributed by atoms with Crippen molar-refractivity contribution >= 4 is 30.8 Å². The minimum Gasteiger partial charge on any atom is -0.387 e. The molecule has 194 valence electrons. The van der Waals surface area contributed by atoms with Gasteiger partial charge in [-0.3, -0.25) is 0 Å². The van der Waals surface area contributed by atoms with Crippen molar-refractivity contribution in [3.05, 3.63) is 109 Å². The zero-order valence-electron chi connectivity index (χ0n) is 22.7. The van der Waals surface area contributed by atoms with Crippen LogP contribution in [0.25, 0.3) is 0 Å². The van der Waals surface area contributed by atoms with E-state index in [1.165, 1.54) is 0 Å². The molecular formula is C31H35N5OSi. The summed E-state index contributed by atoms with van der Waals surface area (Å²) < 4.78 is 9.11. The lowest BCUT2D eigenvalue weighted by atomic mass is 10.2. The van der Waals surface area contributed by atoms with E-state index in [-0.39, 0.29) is 5.04 Å². The molecule has 6 nitrogen and oxygen atoms in total. The zero-order chi connectivity index (χ0) is 27.2. The normalized spacial score (nSPS) is 12.8. The first-order valence-corrected chi connectivity index (χ1v) is 14.6. The summed E-state index contributed by atoms with van der Waals surface area (Å²) in [7, 11) is 0.854. The van der Waals surface area contributed by atoms with Gasteiger partial charge < -0.3 is 13.9 Å². The van der Waals surface area contributed by atoms with Crippen molar-refractivity contribution in [2.75, 3.05) is 14.1 Å². The number of rotatable bonds is 9. The van der Waals surface area contributed by atoms with Crippen LogP contribution in [0, 0.1) is 11.3 Å². The standard InChI is InChI=1S/C31H35N5OSi/c1-31(2,3)38(26-17-11-7-12-18-26,27-19-13-8-14-20-27)37-28(21-32)29-30(34-23-35(4)5)36(24-33-29)22-25-15-9-6-10-16-25/h6-20,23-24,28H,22H2,1-5H3/t28-/m1/s1. The molecule has 0 spiro atoms. The third-order valence-electron chi connectivity index (χ3n) is 6.52. The molecule has 38 heavy (non-hydrogen) atoms. The molecule has 0 aliphatic carbocycles. The molecule has 7 heteroatoms. The van der Waals surface area contributed by atoms with Crippen LogP contribution in [-0.2, 0) is 11.0 Å². The van der Waals surface area contributed by atoms with E-state index in [1.54, 1.807) is 12.7 Å². The van der Waals surface area contributed by atoms with Gasteiger partial charge in [0.25, 0.3) is 8.32 Å². The van der Waals surface area contributed by atoms with E-state index >= 15 is 0 Å². The van der Waals surface area contributed by atoms with Crippen molar-refractivity contribution in [3.8, 4) is 6.07 Å². The summed E-state index contributed by atoms with van der Waals surface area (Å²) in [6.07, 6.45) is 2.58. The minimum atomic E-state index is -2.98. The van der Waals surface area contributed by atoms with Gasteiger partial charge in [-0.1, -0.05) is 112 Å². The smallest absolute Gasteiger partial charge is 0.263 e. The molecule has 4 aromatic rings. The van der Waals surface area contributed by atoms with E-state index < -0.39 is 14.4 Å². The molecule has 0 N–H and O–H groups in total. The quantitative estimate of drug-likeness (QED) is 0.170. The molecular weight excluding hydrogens is 486 g/mol. The first kappa shape index (κ1) is 27.1. The Morgan fingerprint density at radius 2 is 1.47 bits per heavy atom. The molecule has 4 rings (SSSR count). The Bertz CT molecular complexity index is 1350. The van der Waals surface area contributed by atoms with Gasteiger partial charge in [0, 0.05) is 14.1 Å². The Balaban J connectivity index is 1.86. The van der Waals surface area contributed by atoms with Crippen molar-refractivity contribution in [2.24, 2.45) is 4.99 Å². The third-order valence-corrected chi connectivity index (χ3v) is 11.5. The Kier molecular flexibility index (Phi) is 8.25.